The minimum Gasteiger partial charge on any atom is -0.355 e. The lowest BCUT2D eigenvalue weighted by atomic mass is 10.2. The number of benzene rings is 1. The number of anilines is 1. The van der Waals surface area contributed by atoms with Crippen LogP contribution in [0.4, 0.5) is 19.0 Å². The molecule has 0 saturated carbocycles. The third-order valence-electron chi connectivity index (χ3n) is 4.30. The minimum absolute atomic E-state index is 0.162. The largest absolute Gasteiger partial charge is 0.401 e. The first-order valence-corrected chi connectivity index (χ1v) is 10.0. The molecule has 0 bridgehead atoms. The Labute approximate surface area is 149 Å². The molecule has 26 heavy (non-hydrogen) atoms. The minimum atomic E-state index is -4.22. The Hall–Kier alpha value is -1.94. The summed E-state index contributed by atoms with van der Waals surface area (Å²) in [6, 6.07) is 4.63. The van der Waals surface area contributed by atoms with Gasteiger partial charge in [-0.15, -0.1) is 0 Å². The van der Waals surface area contributed by atoms with Crippen molar-refractivity contribution in [2.75, 3.05) is 43.9 Å². The molecule has 1 fully saturated rings. The Morgan fingerprint density at radius 2 is 1.88 bits per heavy atom. The standard InChI is InChI=1S/C16H19F3N4O2S/c1-26(24,25)12-3-4-14-13(9-12)15(21-11-20-14)23-6-2-5-22(7-8-23)10-16(17,18)19/h3-4,9,11H,2,5-8,10H2,1H3. The van der Waals surface area contributed by atoms with Crippen LogP contribution in [0.5, 0.6) is 0 Å². The van der Waals surface area contributed by atoms with Crippen molar-refractivity contribution in [1.29, 1.82) is 0 Å². The normalized spacial score (nSPS) is 17.5. The summed E-state index contributed by atoms with van der Waals surface area (Å²) in [6.07, 6.45) is -1.15. The summed E-state index contributed by atoms with van der Waals surface area (Å²) < 4.78 is 61.5. The van der Waals surface area contributed by atoms with Crippen LogP contribution < -0.4 is 4.90 Å². The van der Waals surface area contributed by atoms with E-state index in [1.54, 1.807) is 6.07 Å². The molecule has 0 spiro atoms. The van der Waals surface area contributed by atoms with E-state index in [9.17, 15) is 21.6 Å². The van der Waals surface area contributed by atoms with Crippen LogP contribution in [0.25, 0.3) is 10.9 Å². The summed E-state index contributed by atoms with van der Waals surface area (Å²) in [5, 5.41) is 0.583. The molecule has 6 nitrogen and oxygen atoms in total. The molecule has 3 rings (SSSR count). The predicted octanol–water partition coefficient (Wildman–Crippen LogP) is 2.11. The summed E-state index contributed by atoms with van der Waals surface area (Å²) in [5.74, 6) is 0.550. The van der Waals surface area contributed by atoms with Crippen molar-refractivity contribution < 1.29 is 21.6 Å². The van der Waals surface area contributed by atoms with Crippen molar-refractivity contribution in [2.45, 2.75) is 17.5 Å². The van der Waals surface area contributed by atoms with Crippen LogP contribution in [0.15, 0.2) is 29.4 Å². The maximum absolute atomic E-state index is 12.6. The summed E-state index contributed by atoms with van der Waals surface area (Å²) >= 11 is 0. The number of halogens is 3. The third kappa shape index (κ3) is 4.42. The Balaban J connectivity index is 1.90. The lowest BCUT2D eigenvalue weighted by molar-refractivity contribution is -0.145. The SMILES string of the molecule is CS(=O)(=O)c1ccc2ncnc(N3CCCN(CC(F)(F)F)CC3)c2c1. The maximum Gasteiger partial charge on any atom is 0.401 e. The molecule has 0 radical (unpaired) electrons. The molecule has 0 aliphatic carbocycles. The van der Waals surface area contributed by atoms with Crippen molar-refractivity contribution in [3.63, 3.8) is 0 Å². The molecule has 1 aliphatic rings. The molecule has 0 amide bonds. The molecule has 10 heteroatoms. The van der Waals surface area contributed by atoms with Crippen LogP contribution in [0.2, 0.25) is 0 Å². The van der Waals surface area contributed by atoms with Crippen molar-refractivity contribution in [3.05, 3.63) is 24.5 Å². The second-order valence-electron chi connectivity index (χ2n) is 6.38. The molecule has 0 N–H and O–H groups in total. The number of rotatable bonds is 3. The van der Waals surface area contributed by atoms with Gasteiger partial charge in [0.05, 0.1) is 17.0 Å². The Kier molecular flexibility index (Phi) is 5.07. The van der Waals surface area contributed by atoms with Crippen LogP contribution in [0.3, 0.4) is 0 Å². The van der Waals surface area contributed by atoms with E-state index in [-0.39, 0.29) is 11.4 Å². The highest BCUT2D eigenvalue weighted by molar-refractivity contribution is 7.90. The second-order valence-corrected chi connectivity index (χ2v) is 8.40. The predicted molar refractivity (Wildman–Crippen MR) is 92.0 cm³/mol. The van der Waals surface area contributed by atoms with Gasteiger partial charge in [-0.2, -0.15) is 13.2 Å². The fourth-order valence-corrected chi connectivity index (χ4v) is 3.75. The van der Waals surface area contributed by atoms with Crippen LogP contribution in [0, 0.1) is 0 Å². The third-order valence-corrected chi connectivity index (χ3v) is 5.42. The van der Waals surface area contributed by atoms with Crippen molar-refractivity contribution in [3.8, 4) is 0 Å². The zero-order valence-electron chi connectivity index (χ0n) is 14.2. The lowest BCUT2D eigenvalue weighted by Gasteiger charge is -2.24. The van der Waals surface area contributed by atoms with E-state index >= 15 is 0 Å². The van der Waals surface area contributed by atoms with E-state index in [4.69, 9.17) is 0 Å². The molecule has 1 aromatic heterocycles. The quantitative estimate of drug-likeness (QED) is 0.802. The first kappa shape index (κ1) is 18.8. The number of hydrogen-bond acceptors (Lipinski definition) is 6. The van der Waals surface area contributed by atoms with Gasteiger partial charge >= 0.3 is 6.18 Å². The number of fused-ring (bicyclic) bond motifs is 1. The summed E-state index contributed by atoms with van der Waals surface area (Å²) in [7, 11) is -3.39. The number of sulfone groups is 1. The summed E-state index contributed by atoms with van der Waals surface area (Å²) in [4.78, 5) is 11.9. The highest BCUT2D eigenvalue weighted by Gasteiger charge is 2.31. The van der Waals surface area contributed by atoms with Crippen LogP contribution >= 0.6 is 0 Å². The van der Waals surface area contributed by atoms with Gasteiger partial charge in [0.1, 0.15) is 12.1 Å². The van der Waals surface area contributed by atoms with Gasteiger partial charge in [-0.25, -0.2) is 18.4 Å². The van der Waals surface area contributed by atoms with E-state index in [2.05, 4.69) is 9.97 Å². The molecule has 1 aliphatic heterocycles. The molecule has 0 atom stereocenters. The molecule has 2 heterocycles. The number of nitrogens with zero attached hydrogens (tertiary/aromatic N) is 4. The molecular weight excluding hydrogens is 369 g/mol. The van der Waals surface area contributed by atoms with E-state index in [0.717, 1.165) is 6.26 Å². The van der Waals surface area contributed by atoms with E-state index in [1.807, 2.05) is 4.90 Å². The van der Waals surface area contributed by atoms with Crippen molar-refractivity contribution in [2.24, 2.45) is 0 Å². The number of aromatic nitrogens is 2. The second kappa shape index (κ2) is 6.99. The topological polar surface area (TPSA) is 66.4 Å². The zero-order valence-corrected chi connectivity index (χ0v) is 15.0. The van der Waals surface area contributed by atoms with Gasteiger partial charge in [0.2, 0.25) is 0 Å². The average Bonchev–Trinajstić information content (AvgIpc) is 2.77. The Morgan fingerprint density at radius 3 is 2.58 bits per heavy atom. The summed E-state index contributed by atoms with van der Waals surface area (Å²) in [5.41, 5.74) is 0.596. The van der Waals surface area contributed by atoms with Gasteiger partial charge in [0, 0.05) is 37.8 Å². The highest BCUT2D eigenvalue weighted by atomic mass is 32.2. The number of hydrogen-bond donors (Lipinski definition) is 0. The maximum atomic E-state index is 12.6. The average molecular weight is 388 g/mol. The van der Waals surface area contributed by atoms with Crippen LogP contribution in [0.1, 0.15) is 6.42 Å². The van der Waals surface area contributed by atoms with E-state index in [0.29, 0.717) is 42.8 Å². The first-order valence-electron chi connectivity index (χ1n) is 8.12. The fraction of sp³-hybridized carbons (Fsp3) is 0.500. The first-order chi connectivity index (χ1) is 12.1. The highest BCUT2D eigenvalue weighted by Crippen LogP contribution is 2.27. The van der Waals surface area contributed by atoms with E-state index < -0.39 is 22.6 Å². The Morgan fingerprint density at radius 1 is 1.12 bits per heavy atom. The molecule has 142 valence electrons. The van der Waals surface area contributed by atoms with Crippen molar-refractivity contribution in [1.82, 2.24) is 14.9 Å². The molecule has 1 saturated heterocycles. The van der Waals surface area contributed by atoms with Gasteiger partial charge in [0.15, 0.2) is 9.84 Å². The number of alkyl halides is 3. The Bertz CT molecular complexity index is 902. The smallest absolute Gasteiger partial charge is 0.355 e. The molecular formula is C16H19F3N4O2S. The van der Waals surface area contributed by atoms with E-state index in [1.165, 1.54) is 23.4 Å². The molecule has 2 aromatic rings. The molecule has 0 unspecified atom stereocenters. The fourth-order valence-electron chi connectivity index (χ4n) is 3.10. The monoisotopic (exact) mass is 388 g/mol. The molecule has 1 aromatic carbocycles. The van der Waals surface area contributed by atoms with Crippen LogP contribution in [-0.4, -0.2) is 68.4 Å². The van der Waals surface area contributed by atoms with Gasteiger partial charge < -0.3 is 4.90 Å². The van der Waals surface area contributed by atoms with Crippen LogP contribution in [-0.2, 0) is 9.84 Å². The van der Waals surface area contributed by atoms with Gasteiger partial charge in [0.25, 0.3) is 0 Å². The van der Waals surface area contributed by atoms with Gasteiger partial charge in [-0.1, -0.05) is 0 Å². The lowest BCUT2D eigenvalue weighted by Crippen LogP contribution is -2.37. The zero-order chi connectivity index (χ0) is 18.9. The summed E-state index contributed by atoms with van der Waals surface area (Å²) in [6.45, 7) is 0.614. The van der Waals surface area contributed by atoms with Crippen molar-refractivity contribution >= 4 is 26.6 Å². The van der Waals surface area contributed by atoms with Gasteiger partial charge in [-0.3, -0.25) is 4.90 Å². The van der Waals surface area contributed by atoms with Gasteiger partial charge in [-0.05, 0) is 24.6 Å².